The molecule has 0 aromatic heterocycles. The number of anilines is 1. The first-order chi connectivity index (χ1) is 6.99. The van der Waals surface area contributed by atoms with Crippen LogP contribution in [0.3, 0.4) is 0 Å². The second-order valence-corrected chi connectivity index (χ2v) is 4.31. The van der Waals surface area contributed by atoms with Gasteiger partial charge in [0.15, 0.2) is 0 Å². The number of halogens is 2. The van der Waals surface area contributed by atoms with Crippen molar-refractivity contribution in [3.8, 4) is 5.75 Å². The standard InChI is InChI=1S/C10H13BrN2O2.ClH/c1-6(12)4-10(15)13-8-5-7(11)2-3-9(8)14;/h2-3,5-6,14H,4,12H2,1H3,(H,13,15);1H. The number of nitrogens with two attached hydrogens (primary N) is 1. The van der Waals surface area contributed by atoms with Crippen LogP contribution in [0.25, 0.3) is 0 Å². The Kier molecular flexibility index (Phi) is 6.40. The number of phenols is 1. The second kappa shape index (κ2) is 6.73. The van der Waals surface area contributed by atoms with Gasteiger partial charge in [0.2, 0.25) is 5.91 Å². The van der Waals surface area contributed by atoms with E-state index in [-0.39, 0.29) is 36.5 Å². The Morgan fingerprint density at radius 3 is 2.81 bits per heavy atom. The maximum Gasteiger partial charge on any atom is 0.226 e. The van der Waals surface area contributed by atoms with E-state index in [1.807, 2.05) is 0 Å². The number of benzene rings is 1. The molecule has 16 heavy (non-hydrogen) atoms. The molecule has 0 aliphatic rings. The van der Waals surface area contributed by atoms with Crippen LogP contribution in [0.5, 0.6) is 5.75 Å². The molecule has 1 unspecified atom stereocenters. The van der Waals surface area contributed by atoms with E-state index in [9.17, 15) is 9.90 Å². The van der Waals surface area contributed by atoms with Crippen LogP contribution in [0.2, 0.25) is 0 Å². The Hall–Kier alpha value is -0.780. The number of carbonyl (C=O) groups excluding carboxylic acids is 1. The van der Waals surface area contributed by atoms with E-state index in [1.165, 1.54) is 6.07 Å². The van der Waals surface area contributed by atoms with Gasteiger partial charge in [-0.15, -0.1) is 12.4 Å². The highest BCUT2D eigenvalue weighted by Crippen LogP contribution is 2.26. The van der Waals surface area contributed by atoms with E-state index >= 15 is 0 Å². The van der Waals surface area contributed by atoms with Crippen LogP contribution < -0.4 is 11.1 Å². The summed E-state index contributed by atoms with van der Waals surface area (Å²) in [6.45, 7) is 1.75. The van der Waals surface area contributed by atoms with Crippen molar-refractivity contribution in [1.29, 1.82) is 0 Å². The first kappa shape index (κ1) is 15.2. The van der Waals surface area contributed by atoms with Gasteiger partial charge in [-0.25, -0.2) is 0 Å². The molecule has 0 spiro atoms. The summed E-state index contributed by atoms with van der Waals surface area (Å²) in [6, 6.07) is 4.63. The molecule has 0 saturated heterocycles. The lowest BCUT2D eigenvalue weighted by atomic mass is 10.2. The molecule has 0 aliphatic heterocycles. The van der Waals surface area contributed by atoms with Gasteiger partial charge in [0.1, 0.15) is 5.75 Å². The summed E-state index contributed by atoms with van der Waals surface area (Å²) in [5.41, 5.74) is 5.87. The van der Waals surface area contributed by atoms with Crippen LogP contribution in [0.4, 0.5) is 5.69 Å². The van der Waals surface area contributed by atoms with Crippen molar-refractivity contribution in [2.75, 3.05) is 5.32 Å². The van der Waals surface area contributed by atoms with Crippen molar-refractivity contribution in [3.63, 3.8) is 0 Å². The van der Waals surface area contributed by atoms with Crippen molar-refractivity contribution < 1.29 is 9.90 Å². The van der Waals surface area contributed by atoms with Gasteiger partial charge in [0.25, 0.3) is 0 Å². The summed E-state index contributed by atoms with van der Waals surface area (Å²) in [6.07, 6.45) is 0.228. The highest BCUT2D eigenvalue weighted by atomic mass is 79.9. The minimum absolute atomic E-state index is 0. The van der Waals surface area contributed by atoms with Crippen LogP contribution in [0.15, 0.2) is 22.7 Å². The topological polar surface area (TPSA) is 75.4 Å². The maximum absolute atomic E-state index is 11.4. The van der Waals surface area contributed by atoms with Crippen LogP contribution in [-0.2, 0) is 4.79 Å². The molecule has 1 aromatic carbocycles. The zero-order valence-electron chi connectivity index (χ0n) is 8.74. The van der Waals surface area contributed by atoms with Gasteiger partial charge in [0, 0.05) is 16.9 Å². The van der Waals surface area contributed by atoms with Gasteiger partial charge >= 0.3 is 0 Å². The van der Waals surface area contributed by atoms with Gasteiger partial charge in [-0.1, -0.05) is 15.9 Å². The predicted octanol–water partition coefficient (Wildman–Crippen LogP) is 2.25. The number of hydrogen-bond acceptors (Lipinski definition) is 3. The van der Waals surface area contributed by atoms with Gasteiger partial charge in [0.05, 0.1) is 5.69 Å². The first-order valence-corrected chi connectivity index (χ1v) is 5.32. The summed E-state index contributed by atoms with van der Waals surface area (Å²) in [5, 5.41) is 12.0. The zero-order valence-corrected chi connectivity index (χ0v) is 11.1. The molecule has 0 radical (unpaired) electrons. The fourth-order valence-corrected chi connectivity index (χ4v) is 1.46. The molecule has 0 aliphatic carbocycles. The van der Waals surface area contributed by atoms with E-state index in [0.29, 0.717) is 5.69 Å². The summed E-state index contributed by atoms with van der Waals surface area (Å²) in [4.78, 5) is 11.4. The monoisotopic (exact) mass is 308 g/mol. The molecule has 0 fully saturated rings. The van der Waals surface area contributed by atoms with Crippen molar-refractivity contribution >= 4 is 39.9 Å². The molecule has 1 amide bonds. The molecule has 0 heterocycles. The van der Waals surface area contributed by atoms with Crippen LogP contribution in [-0.4, -0.2) is 17.1 Å². The lowest BCUT2D eigenvalue weighted by molar-refractivity contribution is -0.116. The second-order valence-electron chi connectivity index (χ2n) is 3.39. The normalized spacial score (nSPS) is 11.4. The number of aromatic hydroxyl groups is 1. The number of carbonyl (C=O) groups is 1. The van der Waals surface area contributed by atoms with E-state index < -0.39 is 0 Å². The Labute approximate surface area is 109 Å². The highest BCUT2D eigenvalue weighted by molar-refractivity contribution is 9.10. The molecular formula is C10H14BrClN2O2. The molecule has 6 heteroatoms. The summed E-state index contributed by atoms with van der Waals surface area (Å²) in [5.74, 6) is -0.172. The molecule has 0 bridgehead atoms. The Morgan fingerprint density at radius 1 is 1.62 bits per heavy atom. The molecule has 1 aromatic rings. The van der Waals surface area contributed by atoms with Crippen LogP contribution >= 0.6 is 28.3 Å². The summed E-state index contributed by atoms with van der Waals surface area (Å²) >= 11 is 3.25. The first-order valence-electron chi connectivity index (χ1n) is 4.53. The van der Waals surface area contributed by atoms with E-state index in [0.717, 1.165) is 4.47 Å². The Balaban J connectivity index is 0.00000225. The minimum atomic E-state index is -0.210. The molecule has 4 N–H and O–H groups in total. The number of rotatable bonds is 3. The highest BCUT2D eigenvalue weighted by Gasteiger charge is 2.08. The lowest BCUT2D eigenvalue weighted by Gasteiger charge is -2.09. The SMILES string of the molecule is CC(N)CC(=O)Nc1cc(Br)ccc1O.Cl. The van der Waals surface area contributed by atoms with E-state index in [4.69, 9.17) is 5.73 Å². The van der Waals surface area contributed by atoms with E-state index in [1.54, 1.807) is 19.1 Å². The number of nitrogens with one attached hydrogen (secondary N) is 1. The van der Waals surface area contributed by atoms with Gasteiger partial charge < -0.3 is 16.2 Å². The third-order valence-electron chi connectivity index (χ3n) is 1.74. The fourth-order valence-electron chi connectivity index (χ4n) is 1.10. The smallest absolute Gasteiger partial charge is 0.226 e. The summed E-state index contributed by atoms with van der Waals surface area (Å²) < 4.78 is 0.788. The lowest BCUT2D eigenvalue weighted by Crippen LogP contribution is -2.23. The number of hydrogen-bond donors (Lipinski definition) is 3. The third kappa shape index (κ3) is 4.83. The van der Waals surface area contributed by atoms with Crippen molar-refractivity contribution in [3.05, 3.63) is 22.7 Å². The van der Waals surface area contributed by atoms with Gasteiger partial charge in [-0.05, 0) is 25.1 Å². The molecule has 90 valence electrons. The zero-order chi connectivity index (χ0) is 11.4. The molecular weight excluding hydrogens is 295 g/mol. The minimum Gasteiger partial charge on any atom is -0.506 e. The molecule has 1 atom stereocenters. The average molecular weight is 310 g/mol. The van der Waals surface area contributed by atoms with Crippen molar-refractivity contribution in [1.82, 2.24) is 0 Å². The van der Waals surface area contributed by atoms with Crippen molar-refractivity contribution in [2.45, 2.75) is 19.4 Å². The van der Waals surface area contributed by atoms with Crippen molar-refractivity contribution in [2.24, 2.45) is 5.73 Å². The largest absolute Gasteiger partial charge is 0.506 e. The molecule has 1 rings (SSSR count). The van der Waals surface area contributed by atoms with Gasteiger partial charge in [-0.2, -0.15) is 0 Å². The number of amides is 1. The third-order valence-corrected chi connectivity index (χ3v) is 2.23. The quantitative estimate of drug-likeness (QED) is 0.750. The molecule has 4 nitrogen and oxygen atoms in total. The predicted molar refractivity (Wildman–Crippen MR) is 70.0 cm³/mol. The average Bonchev–Trinajstić information content (AvgIpc) is 2.10. The Bertz CT molecular complexity index is 372. The molecule has 0 saturated carbocycles. The van der Waals surface area contributed by atoms with Crippen LogP contribution in [0, 0.1) is 0 Å². The maximum atomic E-state index is 11.4. The number of phenolic OH excluding ortho intramolecular Hbond substituents is 1. The van der Waals surface area contributed by atoms with Crippen LogP contribution in [0.1, 0.15) is 13.3 Å². The van der Waals surface area contributed by atoms with Gasteiger partial charge in [-0.3, -0.25) is 4.79 Å². The Morgan fingerprint density at radius 2 is 2.25 bits per heavy atom. The summed E-state index contributed by atoms with van der Waals surface area (Å²) in [7, 11) is 0. The fraction of sp³-hybridized carbons (Fsp3) is 0.300. The van der Waals surface area contributed by atoms with E-state index in [2.05, 4.69) is 21.2 Å².